The molecule has 8 N–H and O–H groups in total. The molecule has 16 heteroatoms. The highest BCUT2D eigenvalue weighted by Gasteiger charge is 2.26. The van der Waals surface area contributed by atoms with Crippen molar-refractivity contribution in [2.24, 2.45) is 4.99 Å². The van der Waals surface area contributed by atoms with Crippen LogP contribution in [0.2, 0.25) is 0 Å². The van der Waals surface area contributed by atoms with Gasteiger partial charge in [-0.3, -0.25) is 19.4 Å². The minimum atomic E-state index is -1.28. The topological polar surface area (TPSA) is 238 Å². The van der Waals surface area contributed by atoms with Crippen molar-refractivity contribution >= 4 is 64.3 Å². The van der Waals surface area contributed by atoms with Crippen LogP contribution < -0.4 is 36.1 Å². The minimum Gasteiger partial charge on any atom is -0.484 e. The summed E-state index contributed by atoms with van der Waals surface area (Å²) in [5, 5.41) is 27.9. The van der Waals surface area contributed by atoms with Crippen molar-refractivity contribution in [3.8, 4) is 11.5 Å². The lowest BCUT2D eigenvalue weighted by Crippen LogP contribution is -2.42. The number of carbonyl (C=O) groups is 5. The predicted molar refractivity (Wildman–Crippen MR) is 231 cm³/mol. The number of carbonyl (C=O) groups excluding carboxylic acids is 3. The van der Waals surface area contributed by atoms with Crippen LogP contribution in [0, 0.1) is 0 Å². The maximum atomic E-state index is 13.6. The van der Waals surface area contributed by atoms with E-state index in [9.17, 15) is 29.1 Å². The number of carboxylic acids is 2. The van der Waals surface area contributed by atoms with Gasteiger partial charge < -0.3 is 51.3 Å². The Morgan fingerprint density at radius 1 is 0.820 bits per heavy atom. The van der Waals surface area contributed by atoms with Gasteiger partial charge >= 0.3 is 11.9 Å². The number of carboxylic acid groups (broad SMARTS) is 2. The average Bonchev–Trinajstić information content (AvgIpc) is 3.67. The summed E-state index contributed by atoms with van der Waals surface area (Å²) >= 11 is 0. The zero-order valence-electron chi connectivity index (χ0n) is 33.5. The first-order valence-corrected chi connectivity index (χ1v) is 19.9. The molecule has 0 aliphatic heterocycles. The number of fused-ring (bicyclic) bond motifs is 1. The van der Waals surface area contributed by atoms with Crippen molar-refractivity contribution in [1.82, 2.24) is 20.9 Å². The number of nitrogen functional groups attached to an aromatic ring is 1. The predicted octanol–water partition coefficient (Wildman–Crippen LogP) is 5.24. The lowest BCUT2D eigenvalue weighted by Gasteiger charge is -2.37. The quantitative estimate of drug-likeness (QED) is 0.0304. The number of nitrogens with two attached hydrogens (primary N) is 1. The number of H-pyrrole nitrogens is 1. The Morgan fingerprint density at radius 3 is 2.21 bits per heavy atom. The highest BCUT2D eigenvalue weighted by molar-refractivity contribution is 5.98. The van der Waals surface area contributed by atoms with Crippen molar-refractivity contribution < 1.29 is 43.7 Å². The summed E-state index contributed by atoms with van der Waals surface area (Å²) in [7, 11) is 0. The number of rotatable bonds is 20. The van der Waals surface area contributed by atoms with E-state index in [1.54, 1.807) is 72.9 Å². The van der Waals surface area contributed by atoms with Gasteiger partial charge in [-0.1, -0.05) is 31.4 Å². The maximum absolute atomic E-state index is 13.6. The Balaban J connectivity index is 1.07. The first-order valence-electron chi connectivity index (χ1n) is 19.9. The molecule has 1 fully saturated rings. The molecule has 1 aliphatic carbocycles. The number of anilines is 2. The van der Waals surface area contributed by atoms with E-state index in [-0.39, 0.29) is 49.5 Å². The second-order valence-corrected chi connectivity index (χ2v) is 14.7. The van der Waals surface area contributed by atoms with Gasteiger partial charge in [-0.25, -0.2) is 9.59 Å². The molecule has 0 saturated heterocycles. The van der Waals surface area contributed by atoms with Gasteiger partial charge in [-0.2, -0.15) is 0 Å². The van der Waals surface area contributed by atoms with Crippen LogP contribution in [0.25, 0.3) is 10.9 Å². The van der Waals surface area contributed by atoms with Crippen LogP contribution in [0.1, 0.15) is 63.9 Å². The normalized spacial score (nSPS) is 13.1. The van der Waals surface area contributed by atoms with Crippen LogP contribution in [0.5, 0.6) is 11.5 Å². The highest BCUT2D eigenvalue weighted by Crippen LogP contribution is 2.36. The third kappa shape index (κ3) is 11.9. The molecule has 16 nitrogen and oxygen atoms in total. The summed E-state index contributed by atoms with van der Waals surface area (Å²) in [6.07, 6.45) is 6.85. The van der Waals surface area contributed by atoms with Crippen LogP contribution in [0.4, 0.5) is 17.1 Å². The zero-order valence-corrected chi connectivity index (χ0v) is 33.5. The number of hydrogen-bond donors (Lipinski definition) is 7. The van der Waals surface area contributed by atoms with Crippen LogP contribution in [0.15, 0.2) is 96.1 Å². The molecule has 3 amide bonds. The van der Waals surface area contributed by atoms with Gasteiger partial charge in [0, 0.05) is 66.0 Å². The molecule has 61 heavy (non-hydrogen) atoms. The first kappa shape index (κ1) is 43.2. The van der Waals surface area contributed by atoms with E-state index in [4.69, 9.17) is 20.3 Å². The number of aromatic nitrogens is 1. The molecule has 1 saturated carbocycles. The van der Waals surface area contributed by atoms with Gasteiger partial charge in [-0.05, 0) is 103 Å². The second kappa shape index (κ2) is 20.6. The van der Waals surface area contributed by atoms with E-state index < -0.39 is 30.5 Å². The summed E-state index contributed by atoms with van der Waals surface area (Å²) in [5.41, 5.74) is 10.5. The van der Waals surface area contributed by atoms with E-state index in [2.05, 4.69) is 37.5 Å². The van der Waals surface area contributed by atoms with Gasteiger partial charge in [0.2, 0.25) is 0 Å². The van der Waals surface area contributed by atoms with Gasteiger partial charge in [0.25, 0.3) is 17.7 Å². The van der Waals surface area contributed by atoms with E-state index in [0.717, 1.165) is 43.4 Å². The van der Waals surface area contributed by atoms with E-state index in [0.29, 0.717) is 51.4 Å². The zero-order chi connectivity index (χ0) is 43.3. The fraction of sp³-hybridized carbons (Fsp3) is 0.289. The summed E-state index contributed by atoms with van der Waals surface area (Å²) in [5.74, 6) is -2.71. The Labute approximate surface area is 352 Å². The van der Waals surface area contributed by atoms with Crippen molar-refractivity contribution in [1.29, 1.82) is 0 Å². The molecule has 1 heterocycles. The largest absolute Gasteiger partial charge is 0.484 e. The SMILES string of the molecule is C=Nc1cc(C(=O)N[C@@H](Cc2c[nH]c3ccc(OCC(=O)O)cc23)C(=O)O)ccc1N(Cc1ccc(OCC(=O)NCCNC(=O)c2ccc(N)cc2)cc1)C1CCCCC1. The molecule has 0 radical (unpaired) electrons. The third-order valence-corrected chi connectivity index (χ3v) is 10.4. The first-order chi connectivity index (χ1) is 29.5. The summed E-state index contributed by atoms with van der Waals surface area (Å²) in [6, 6.07) is 23.0. The highest BCUT2D eigenvalue weighted by atomic mass is 16.5. The number of ether oxygens (including phenoxy) is 2. The minimum absolute atomic E-state index is 0.0475. The van der Waals surface area contributed by atoms with Gasteiger partial charge in [0.15, 0.2) is 13.2 Å². The number of nitrogens with zero attached hydrogens (tertiary/aromatic N) is 2. The van der Waals surface area contributed by atoms with Gasteiger partial charge in [0.1, 0.15) is 17.5 Å². The lowest BCUT2D eigenvalue weighted by molar-refractivity contribution is -0.140. The van der Waals surface area contributed by atoms with E-state index in [1.165, 1.54) is 0 Å². The molecule has 5 aromatic rings. The van der Waals surface area contributed by atoms with Gasteiger partial charge in [-0.15, -0.1) is 0 Å². The van der Waals surface area contributed by atoms with E-state index >= 15 is 0 Å². The summed E-state index contributed by atoms with van der Waals surface area (Å²) in [6.45, 7) is 4.08. The standard InChI is InChI=1S/C45H49N7O9/c1-47-38-21-30(44(57)51-39(45(58)59)22-31-24-50-37-17-16-35(23-36(31)37)61-27-42(54)55)11-18-40(38)52(33-5-3-2-4-6-33)25-28-7-14-34(15-8-28)60-26-41(53)48-19-20-49-43(56)29-9-12-32(46)13-10-29/h7-18,21,23-24,33,39,50H,1-6,19-20,22,25-27,46H2,(H,48,53)(H,49,56)(H,51,57)(H,54,55)(H,58,59)/t39-/m0/s1. The van der Waals surface area contributed by atoms with Gasteiger partial charge in [0.05, 0.1) is 11.4 Å². The molecule has 6 rings (SSSR count). The number of hydrogen-bond acceptors (Lipinski definition) is 10. The molecule has 4 aromatic carbocycles. The summed E-state index contributed by atoms with van der Waals surface area (Å²) < 4.78 is 11.0. The van der Waals surface area contributed by atoms with Crippen molar-refractivity contribution in [3.63, 3.8) is 0 Å². The fourth-order valence-corrected chi connectivity index (χ4v) is 7.26. The summed E-state index contributed by atoms with van der Waals surface area (Å²) in [4.78, 5) is 71.3. The molecule has 1 aromatic heterocycles. The molecular formula is C45H49N7O9. The monoisotopic (exact) mass is 831 g/mol. The number of nitrogens with one attached hydrogen (secondary N) is 4. The van der Waals surface area contributed by atoms with Crippen molar-refractivity contribution in [3.05, 3.63) is 113 Å². The van der Waals surface area contributed by atoms with Crippen LogP contribution in [-0.4, -0.2) is 90.0 Å². The van der Waals surface area contributed by atoms with Crippen LogP contribution in [0.3, 0.4) is 0 Å². The number of aliphatic carboxylic acids is 2. The molecule has 318 valence electrons. The molecule has 0 bridgehead atoms. The Bertz CT molecular complexity index is 2360. The lowest BCUT2D eigenvalue weighted by atomic mass is 9.93. The van der Waals surface area contributed by atoms with Crippen LogP contribution in [-0.2, 0) is 27.3 Å². The number of aliphatic imine (C=N–C) groups is 1. The Kier molecular flexibility index (Phi) is 14.6. The number of benzene rings is 4. The smallest absolute Gasteiger partial charge is 0.341 e. The molecular weight excluding hydrogens is 783 g/mol. The molecule has 0 spiro atoms. The van der Waals surface area contributed by atoms with Crippen molar-refractivity contribution in [2.75, 3.05) is 36.9 Å². The number of aromatic amines is 1. The molecule has 1 aliphatic rings. The number of amides is 3. The van der Waals surface area contributed by atoms with Crippen LogP contribution >= 0.6 is 0 Å². The third-order valence-electron chi connectivity index (χ3n) is 10.4. The molecule has 0 unspecified atom stereocenters. The van der Waals surface area contributed by atoms with E-state index in [1.807, 2.05) is 18.2 Å². The molecule has 1 atom stereocenters. The maximum Gasteiger partial charge on any atom is 0.341 e. The fourth-order valence-electron chi connectivity index (χ4n) is 7.26. The second-order valence-electron chi connectivity index (χ2n) is 14.7. The average molecular weight is 832 g/mol. The Hall–Kier alpha value is -7.36. The Morgan fingerprint density at radius 2 is 1.51 bits per heavy atom. The van der Waals surface area contributed by atoms with Crippen molar-refractivity contribution in [2.45, 2.75) is 57.2 Å².